The summed E-state index contributed by atoms with van der Waals surface area (Å²) in [6, 6.07) is 11.0. The van der Waals surface area contributed by atoms with Gasteiger partial charge in [0, 0.05) is 18.8 Å². The number of aromatic nitrogens is 2. The van der Waals surface area contributed by atoms with E-state index >= 15 is 0 Å². The number of nitrogens with one attached hydrogen (secondary N) is 2. The molecule has 1 fully saturated rings. The Kier molecular flexibility index (Phi) is 3.77. The molecule has 0 unspecified atom stereocenters. The molecule has 1 aromatic carbocycles. The first-order valence-electron chi connectivity index (χ1n) is 8.47. The molecule has 0 bridgehead atoms. The Morgan fingerprint density at radius 2 is 2.09 bits per heavy atom. The lowest BCUT2D eigenvalue weighted by atomic mass is 10.2. The summed E-state index contributed by atoms with van der Waals surface area (Å²) in [5, 5.41) is 11.7. The number of rotatable bonds is 4. The summed E-state index contributed by atoms with van der Waals surface area (Å²) in [5.41, 5.74) is 5.10. The minimum atomic E-state index is 0.605. The van der Waals surface area contributed by atoms with Gasteiger partial charge in [0.1, 0.15) is 0 Å². The first-order chi connectivity index (χ1) is 11.3. The van der Waals surface area contributed by atoms with Gasteiger partial charge in [0.15, 0.2) is 5.96 Å². The molecule has 2 aliphatic carbocycles. The molecule has 5 nitrogen and oxygen atoms in total. The summed E-state index contributed by atoms with van der Waals surface area (Å²) in [6.45, 7) is 0.731. The number of benzene rings is 1. The van der Waals surface area contributed by atoms with Crippen LogP contribution in [0.25, 0.3) is 5.69 Å². The molecular formula is C18H23N5. The Labute approximate surface area is 136 Å². The first-order valence-corrected chi connectivity index (χ1v) is 8.47. The second kappa shape index (κ2) is 6.07. The highest BCUT2D eigenvalue weighted by atomic mass is 15.3. The van der Waals surface area contributed by atoms with Gasteiger partial charge >= 0.3 is 0 Å². The van der Waals surface area contributed by atoms with Crippen molar-refractivity contribution in [1.82, 2.24) is 20.4 Å². The fraction of sp³-hybridized carbons (Fsp3) is 0.444. The number of hydrogen-bond acceptors (Lipinski definition) is 2. The molecule has 1 aromatic heterocycles. The molecule has 1 heterocycles. The zero-order valence-electron chi connectivity index (χ0n) is 13.5. The van der Waals surface area contributed by atoms with Gasteiger partial charge < -0.3 is 10.6 Å². The van der Waals surface area contributed by atoms with Crippen molar-refractivity contribution in [3.8, 4) is 5.69 Å². The molecule has 23 heavy (non-hydrogen) atoms. The average Bonchev–Trinajstić information content (AvgIpc) is 3.15. The normalized spacial score (nSPS) is 17.2. The van der Waals surface area contributed by atoms with E-state index in [-0.39, 0.29) is 0 Å². The van der Waals surface area contributed by atoms with Gasteiger partial charge in [-0.15, -0.1) is 0 Å². The summed E-state index contributed by atoms with van der Waals surface area (Å²) >= 11 is 0. The lowest BCUT2D eigenvalue weighted by Crippen LogP contribution is -2.38. The smallest absolute Gasteiger partial charge is 0.191 e. The number of fused-ring (bicyclic) bond motifs is 1. The van der Waals surface area contributed by atoms with E-state index in [9.17, 15) is 0 Å². The van der Waals surface area contributed by atoms with Crippen molar-refractivity contribution in [2.45, 2.75) is 44.7 Å². The Morgan fingerprint density at radius 1 is 1.26 bits per heavy atom. The van der Waals surface area contributed by atoms with Gasteiger partial charge in [0.2, 0.25) is 0 Å². The second-order valence-corrected chi connectivity index (χ2v) is 6.32. The van der Waals surface area contributed by atoms with Crippen LogP contribution in [-0.4, -0.2) is 28.8 Å². The third-order valence-electron chi connectivity index (χ3n) is 4.58. The predicted octanol–water partition coefficient (Wildman–Crippen LogP) is 2.19. The van der Waals surface area contributed by atoms with Gasteiger partial charge in [-0.3, -0.25) is 4.99 Å². The van der Waals surface area contributed by atoms with Gasteiger partial charge in [0.05, 0.1) is 17.9 Å². The fourth-order valence-corrected chi connectivity index (χ4v) is 3.22. The van der Waals surface area contributed by atoms with Crippen molar-refractivity contribution >= 4 is 5.96 Å². The first kappa shape index (κ1) is 14.3. The highest BCUT2D eigenvalue weighted by molar-refractivity contribution is 5.80. The van der Waals surface area contributed by atoms with Crippen LogP contribution in [0.2, 0.25) is 0 Å². The highest BCUT2D eigenvalue weighted by Gasteiger charge is 2.24. The number of guanidine groups is 1. The van der Waals surface area contributed by atoms with Crippen LogP contribution in [0, 0.1) is 0 Å². The minimum Gasteiger partial charge on any atom is -0.354 e. The lowest BCUT2D eigenvalue weighted by Gasteiger charge is -2.10. The van der Waals surface area contributed by atoms with E-state index in [2.05, 4.69) is 44.6 Å². The van der Waals surface area contributed by atoms with E-state index in [1.54, 1.807) is 0 Å². The van der Waals surface area contributed by atoms with Crippen LogP contribution < -0.4 is 10.6 Å². The monoisotopic (exact) mass is 309 g/mol. The van der Waals surface area contributed by atoms with Crippen molar-refractivity contribution in [1.29, 1.82) is 0 Å². The highest BCUT2D eigenvalue weighted by Crippen LogP contribution is 2.27. The van der Waals surface area contributed by atoms with E-state index in [0.717, 1.165) is 36.7 Å². The van der Waals surface area contributed by atoms with E-state index in [1.807, 2.05) is 13.1 Å². The van der Waals surface area contributed by atoms with Crippen LogP contribution >= 0.6 is 0 Å². The lowest BCUT2D eigenvalue weighted by molar-refractivity contribution is 0.731. The van der Waals surface area contributed by atoms with Gasteiger partial charge in [-0.25, -0.2) is 4.68 Å². The molecule has 4 rings (SSSR count). The zero-order chi connectivity index (χ0) is 15.6. The molecule has 0 saturated heterocycles. The summed E-state index contributed by atoms with van der Waals surface area (Å²) in [7, 11) is 1.82. The van der Waals surface area contributed by atoms with Crippen molar-refractivity contribution in [3.63, 3.8) is 0 Å². The summed E-state index contributed by atoms with van der Waals surface area (Å²) in [4.78, 5) is 4.30. The molecule has 2 N–H and O–H groups in total. The maximum atomic E-state index is 4.87. The summed E-state index contributed by atoms with van der Waals surface area (Å²) in [6.07, 6.45) is 5.97. The molecule has 2 aromatic rings. The van der Waals surface area contributed by atoms with Crippen LogP contribution in [0.15, 0.2) is 35.3 Å². The van der Waals surface area contributed by atoms with Crippen LogP contribution in [0.5, 0.6) is 0 Å². The molecule has 0 spiro atoms. The largest absolute Gasteiger partial charge is 0.354 e. The number of para-hydroxylation sites is 1. The number of hydrogen-bond donors (Lipinski definition) is 2. The molecule has 0 radical (unpaired) electrons. The molecule has 0 aliphatic heterocycles. The fourth-order valence-electron chi connectivity index (χ4n) is 3.22. The van der Waals surface area contributed by atoms with E-state index < -0.39 is 0 Å². The Balaban J connectivity index is 1.55. The second-order valence-electron chi connectivity index (χ2n) is 6.32. The average molecular weight is 309 g/mol. The van der Waals surface area contributed by atoms with Crippen LogP contribution in [0.3, 0.4) is 0 Å². The van der Waals surface area contributed by atoms with Gasteiger partial charge in [-0.1, -0.05) is 18.2 Å². The van der Waals surface area contributed by atoms with Crippen molar-refractivity contribution in [2.75, 3.05) is 7.05 Å². The Morgan fingerprint density at radius 3 is 2.83 bits per heavy atom. The molecular weight excluding hydrogens is 286 g/mol. The topological polar surface area (TPSA) is 54.2 Å². The molecule has 1 saturated carbocycles. The van der Waals surface area contributed by atoms with Crippen LogP contribution in [-0.2, 0) is 19.4 Å². The molecule has 5 heteroatoms. The van der Waals surface area contributed by atoms with Crippen molar-refractivity contribution in [3.05, 3.63) is 47.3 Å². The molecule has 120 valence electrons. The number of aliphatic imine (C=N–C) groups is 1. The standard InChI is InChI=1S/C18H23N5/c1-19-18(21-13-10-11-13)20-12-16-15-8-5-9-17(15)23(22-16)14-6-3-2-4-7-14/h2-4,6-7,13H,5,8-12H2,1H3,(H2,19,20,21). The van der Waals surface area contributed by atoms with E-state index in [0.29, 0.717) is 6.04 Å². The van der Waals surface area contributed by atoms with E-state index in [1.165, 1.54) is 30.5 Å². The van der Waals surface area contributed by atoms with Crippen molar-refractivity contribution < 1.29 is 0 Å². The zero-order valence-corrected chi connectivity index (χ0v) is 13.5. The van der Waals surface area contributed by atoms with Crippen LogP contribution in [0.1, 0.15) is 36.2 Å². The summed E-state index contributed by atoms with van der Waals surface area (Å²) < 4.78 is 2.12. The Hall–Kier alpha value is -2.30. The molecule has 0 amide bonds. The maximum absolute atomic E-state index is 4.87. The predicted molar refractivity (Wildman–Crippen MR) is 91.9 cm³/mol. The third-order valence-corrected chi connectivity index (χ3v) is 4.58. The van der Waals surface area contributed by atoms with E-state index in [4.69, 9.17) is 5.10 Å². The summed E-state index contributed by atoms with van der Waals surface area (Å²) in [5.74, 6) is 0.883. The molecule has 0 atom stereocenters. The van der Waals surface area contributed by atoms with Crippen LogP contribution in [0.4, 0.5) is 0 Å². The molecule has 2 aliphatic rings. The van der Waals surface area contributed by atoms with Gasteiger partial charge in [0.25, 0.3) is 0 Å². The third kappa shape index (κ3) is 2.96. The SMILES string of the molecule is CN=C(NCc1nn(-c2ccccc2)c2c1CCC2)NC1CC1. The van der Waals surface area contributed by atoms with Gasteiger partial charge in [-0.2, -0.15) is 5.10 Å². The minimum absolute atomic E-state index is 0.605. The number of nitrogens with zero attached hydrogens (tertiary/aromatic N) is 3. The quantitative estimate of drug-likeness (QED) is 0.672. The maximum Gasteiger partial charge on any atom is 0.191 e. The Bertz CT molecular complexity index is 713. The van der Waals surface area contributed by atoms with Gasteiger partial charge in [-0.05, 0) is 49.8 Å². The van der Waals surface area contributed by atoms with Crippen molar-refractivity contribution in [2.24, 2.45) is 4.99 Å².